The van der Waals surface area contributed by atoms with Gasteiger partial charge in [-0.1, -0.05) is 12.2 Å². The second kappa shape index (κ2) is 10.9. The summed E-state index contributed by atoms with van der Waals surface area (Å²) in [5.74, 6) is -2.04. The minimum Gasteiger partial charge on any atom is -0.453 e. The Morgan fingerprint density at radius 2 is 1.32 bits per heavy atom. The fourth-order valence-corrected chi connectivity index (χ4v) is 3.08. The zero-order chi connectivity index (χ0) is 20.4. The van der Waals surface area contributed by atoms with Crippen LogP contribution in [-0.2, 0) is 14.3 Å². The van der Waals surface area contributed by atoms with Crippen LogP contribution in [0.15, 0.2) is 36.1 Å². The van der Waals surface area contributed by atoms with Gasteiger partial charge < -0.3 is 20.1 Å². The van der Waals surface area contributed by atoms with E-state index >= 15 is 0 Å². The van der Waals surface area contributed by atoms with Crippen LogP contribution in [0, 0.1) is 0 Å². The molecule has 0 fully saturated rings. The van der Waals surface area contributed by atoms with Crippen LogP contribution < -0.4 is 10.6 Å². The number of hydrogen-bond donors (Lipinski definition) is 2. The van der Waals surface area contributed by atoms with Gasteiger partial charge in [0.15, 0.2) is 34.9 Å². The van der Waals surface area contributed by atoms with Crippen molar-refractivity contribution in [3.63, 3.8) is 0 Å². The van der Waals surface area contributed by atoms with Gasteiger partial charge in [0.25, 0.3) is 0 Å². The number of nitrogens with zero attached hydrogens (tertiary/aromatic N) is 2. The van der Waals surface area contributed by atoms with Gasteiger partial charge in [-0.05, 0) is 0 Å². The lowest BCUT2D eigenvalue weighted by atomic mass is 10.4. The van der Waals surface area contributed by atoms with Crippen LogP contribution in [0.1, 0.15) is 21.0 Å². The van der Waals surface area contributed by atoms with E-state index in [9.17, 15) is 14.4 Å². The topological polar surface area (TPSA) is 120 Å². The largest absolute Gasteiger partial charge is 0.453 e. The van der Waals surface area contributed by atoms with Crippen molar-refractivity contribution < 1.29 is 23.9 Å². The first-order valence-electron chi connectivity index (χ1n) is 8.00. The predicted molar refractivity (Wildman–Crippen MR) is 107 cm³/mol. The molecule has 28 heavy (non-hydrogen) atoms. The van der Waals surface area contributed by atoms with Crippen LogP contribution in [0.5, 0.6) is 0 Å². The lowest BCUT2D eigenvalue weighted by Gasteiger charge is -2.04. The van der Waals surface area contributed by atoms with Crippen molar-refractivity contribution in [2.24, 2.45) is 0 Å². The molecule has 2 aromatic rings. The van der Waals surface area contributed by atoms with Crippen molar-refractivity contribution in [1.82, 2.24) is 9.97 Å². The molecule has 2 N–H and O–H groups in total. The highest BCUT2D eigenvalue weighted by Gasteiger charge is 2.17. The van der Waals surface area contributed by atoms with E-state index in [0.29, 0.717) is 23.4 Å². The molecule has 11 heteroatoms. The summed E-state index contributed by atoms with van der Waals surface area (Å²) >= 11 is 2.46. The van der Waals surface area contributed by atoms with Crippen molar-refractivity contribution in [2.45, 2.75) is 0 Å². The third-order valence-electron chi connectivity index (χ3n) is 2.95. The number of thiazole rings is 2. The maximum atomic E-state index is 11.9. The highest BCUT2D eigenvalue weighted by Crippen LogP contribution is 2.16. The van der Waals surface area contributed by atoms with E-state index in [2.05, 4.69) is 33.8 Å². The number of carbonyl (C=O) groups excluding carboxylic acids is 3. The molecule has 0 aliphatic rings. The van der Waals surface area contributed by atoms with Gasteiger partial charge in [0.05, 0.1) is 0 Å². The first-order valence-corrected chi connectivity index (χ1v) is 9.76. The second-order valence-corrected chi connectivity index (χ2v) is 6.82. The predicted octanol–water partition coefficient (Wildman–Crippen LogP) is 2.38. The van der Waals surface area contributed by atoms with Crippen LogP contribution in [-0.4, -0.2) is 54.0 Å². The van der Waals surface area contributed by atoms with E-state index in [0.717, 1.165) is 0 Å². The summed E-state index contributed by atoms with van der Waals surface area (Å²) < 4.78 is 9.76. The summed E-state index contributed by atoms with van der Waals surface area (Å²) in [6.45, 7) is 7.11. The lowest BCUT2D eigenvalue weighted by molar-refractivity contribution is -0.125. The minimum atomic E-state index is -0.736. The number of esters is 2. The quantitative estimate of drug-likeness (QED) is 0.392. The maximum Gasteiger partial charge on any atom is 0.358 e. The Balaban J connectivity index is 1.73. The Morgan fingerprint density at radius 1 is 0.893 bits per heavy atom. The van der Waals surface area contributed by atoms with Crippen molar-refractivity contribution in [3.05, 3.63) is 47.5 Å². The van der Waals surface area contributed by atoms with E-state index in [1.807, 2.05) is 0 Å². The molecule has 0 aliphatic carbocycles. The first kappa shape index (κ1) is 21.3. The van der Waals surface area contributed by atoms with Crippen LogP contribution in [0.2, 0.25) is 0 Å². The molecule has 0 saturated carbocycles. The molecule has 2 rings (SSSR count). The second-order valence-electron chi connectivity index (χ2n) is 5.11. The Hall–Kier alpha value is -3.05. The molecule has 0 spiro atoms. The summed E-state index contributed by atoms with van der Waals surface area (Å²) in [4.78, 5) is 43.6. The molecule has 2 heterocycles. The third-order valence-corrected chi connectivity index (χ3v) is 4.55. The van der Waals surface area contributed by atoms with E-state index in [4.69, 9.17) is 9.47 Å². The average Bonchev–Trinajstić information content (AvgIpc) is 3.36. The van der Waals surface area contributed by atoms with Crippen molar-refractivity contribution in [1.29, 1.82) is 0 Å². The fourth-order valence-electron chi connectivity index (χ4n) is 1.70. The molecule has 0 aliphatic heterocycles. The summed E-state index contributed by atoms with van der Waals surface area (Å²) in [7, 11) is 0. The highest BCUT2D eigenvalue weighted by atomic mass is 32.1. The van der Waals surface area contributed by atoms with E-state index in [1.165, 1.54) is 33.4 Å². The number of Topliss-reactive ketones (excluding diaryl/α,β-unsaturated/α-hetero) is 1. The van der Waals surface area contributed by atoms with Gasteiger partial charge in [-0.2, -0.15) is 0 Å². The number of anilines is 2. The summed E-state index contributed by atoms with van der Waals surface area (Å²) in [6, 6.07) is 0. The number of ether oxygens (including phenoxy) is 2. The van der Waals surface area contributed by atoms with Crippen LogP contribution in [0.4, 0.5) is 10.3 Å². The molecule has 0 aromatic carbocycles. The summed E-state index contributed by atoms with van der Waals surface area (Å²) in [6.07, 6.45) is 3.31. The molecule has 0 unspecified atom stereocenters. The van der Waals surface area contributed by atoms with Crippen LogP contribution in [0.25, 0.3) is 0 Å². The number of hydrogen-bond acceptors (Lipinski definition) is 11. The molecule has 9 nitrogen and oxygen atoms in total. The first-order chi connectivity index (χ1) is 13.5. The number of carbonyl (C=O) groups is 3. The van der Waals surface area contributed by atoms with E-state index in [1.54, 1.807) is 12.2 Å². The number of ketones is 1. The number of aromatic nitrogens is 2. The van der Waals surface area contributed by atoms with Gasteiger partial charge in [0.2, 0.25) is 5.78 Å². The Labute approximate surface area is 169 Å². The minimum absolute atomic E-state index is 0.0865. The molecule has 0 bridgehead atoms. The van der Waals surface area contributed by atoms with Gasteiger partial charge in [-0.15, -0.1) is 35.8 Å². The van der Waals surface area contributed by atoms with Crippen LogP contribution in [0.3, 0.4) is 0 Å². The van der Waals surface area contributed by atoms with Gasteiger partial charge in [0, 0.05) is 23.8 Å². The fraction of sp³-hybridized carbons (Fsp3) is 0.235. The third kappa shape index (κ3) is 6.59. The van der Waals surface area contributed by atoms with Gasteiger partial charge in [-0.25, -0.2) is 19.6 Å². The molecule has 2 aromatic heterocycles. The normalized spacial score (nSPS) is 10.0. The van der Waals surface area contributed by atoms with Gasteiger partial charge in [-0.3, -0.25) is 4.79 Å². The van der Waals surface area contributed by atoms with Crippen molar-refractivity contribution in [3.8, 4) is 0 Å². The Morgan fingerprint density at radius 3 is 1.71 bits per heavy atom. The number of nitrogens with one attached hydrogen (secondary N) is 2. The van der Waals surface area contributed by atoms with E-state index in [-0.39, 0.29) is 11.4 Å². The monoisotopic (exact) mass is 422 g/mol. The number of rotatable bonds is 12. The lowest BCUT2D eigenvalue weighted by Crippen LogP contribution is -2.21. The van der Waals surface area contributed by atoms with Gasteiger partial charge >= 0.3 is 11.9 Å². The summed E-state index contributed by atoms with van der Waals surface area (Å²) in [5.41, 5.74) is 0.173. The molecule has 0 saturated heterocycles. The Kier molecular flexibility index (Phi) is 8.31. The Bertz CT molecular complexity index is 793. The molecule has 148 valence electrons. The van der Waals surface area contributed by atoms with Crippen LogP contribution >= 0.6 is 22.7 Å². The molecule has 0 radical (unpaired) electrons. The zero-order valence-electron chi connectivity index (χ0n) is 14.8. The molecular weight excluding hydrogens is 404 g/mol. The molecule has 0 amide bonds. The smallest absolute Gasteiger partial charge is 0.358 e. The van der Waals surface area contributed by atoms with Crippen molar-refractivity contribution in [2.75, 3.05) is 36.9 Å². The maximum absolute atomic E-state index is 11.9. The average molecular weight is 422 g/mol. The highest BCUT2D eigenvalue weighted by molar-refractivity contribution is 7.14. The zero-order valence-corrected chi connectivity index (χ0v) is 16.4. The van der Waals surface area contributed by atoms with Gasteiger partial charge in [0.1, 0.15) is 0 Å². The summed E-state index contributed by atoms with van der Waals surface area (Å²) in [5, 5.41) is 9.98. The molecule has 0 atom stereocenters. The van der Waals surface area contributed by atoms with E-state index < -0.39 is 30.9 Å². The standard InChI is InChI=1S/C17H18N4O5S2/c1-3-5-18-16-20-12(9-27-16)14(23)25-7-11(22)8-26-15(24)13-10-28-17(21-13)19-6-4-2/h3-4,9-10H,1-2,5-8H2,(H,18,20)(H,19,21). The SMILES string of the molecule is C=CCNc1nc(C(=O)OCC(=O)COC(=O)c2csc(NCC=C)n2)cs1. The van der Waals surface area contributed by atoms with Crippen molar-refractivity contribution >= 4 is 50.7 Å². The molecular formula is C17H18N4O5S2.